The zero-order valence-corrected chi connectivity index (χ0v) is 15.1. The van der Waals surface area contributed by atoms with Crippen molar-refractivity contribution in [2.75, 3.05) is 31.1 Å². The van der Waals surface area contributed by atoms with Crippen LogP contribution in [0.25, 0.3) is 0 Å². The van der Waals surface area contributed by atoms with Crippen molar-refractivity contribution in [1.29, 1.82) is 0 Å². The quantitative estimate of drug-likeness (QED) is 0.784. The molecular weight excluding hydrogens is 282 g/mol. The van der Waals surface area contributed by atoms with Crippen molar-refractivity contribution in [3.8, 4) is 0 Å². The maximum atomic E-state index is 4.99. The molecule has 1 atom stereocenters. The summed E-state index contributed by atoms with van der Waals surface area (Å²) in [5.74, 6) is 1.20. The predicted molar refractivity (Wildman–Crippen MR) is 98.1 cm³/mol. The van der Waals surface area contributed by atoms with Crippen LogP contribution in [-0.4, -0.2) is 36.1 Å². The third kappa shape index (κ3) is 4.06. The highest BCUT2D eigenvalue weighted by atomic mass is 15.2. The van der Waals surface area contributed by atoms with E-state index in [9.17, 15) is 0 Å². The first-order valence-corrected chi connectivity index (χ1v) is 9.76. The van der Waals surface area contributed by atoms with Crippen LogP contribution < -0.4 is 4.90 Å². The molecule has 0 N–H and O–H groups in total. The second-order valence-electron chi connectivity index (χ2n) is 7.29. The van der Waals surface area contributed by atoms with Gasteiger partial charge < -0.3 is 4.90 Å². The number of hydrogen-bond acceptors (Lipinski definition) is 3. The molecule has 0 aliphatic carbocycles. The molecule has 2 fully saturated rings. The number of aromatic nitrogens is 1. The lowest BCUT2D eigenvalue weighted by Crippen LogP contribution is -2.35. The van der Waals surface area contributed by atoms with Gasteiger partial charge in [-0.25, -0.2) is 4.98 Å². The molecule has 2 aliphatic rings. The molecule has 0 aromatic carbocycles. The third-order valence-electron chi connectivity index (χ3n) is 5.56. The number of aryl methyl sites for hydroxylation is 1. The number of anilines is 1. The van der Waals surface area contributed by atoms with Crippen LogP contribution >= 0.6 is 0 Å². The maximum Gasteiger partial charge on any atom is 0.128 e. The summed E-state index contributed by atoms with van der Waals surface area (Å²) in [5.41, 5.74) is 2.73. The second-order valence-corrected chi connectivity index (χ2v) is 7.29. The Kier molecular flexibility index (Phi) is 5.93. The molecule has 0 spiro atoms. The monoisotopic (exact) mass is 315 g/mol. The zero-order chi connectivity index (χ0) is 16.1. The predicted octanol–water partition coefficient (Wildman–Crippen LogP) is 4.71. The number of piperidine rings is 2. The molecule has 1 unspecified atom stereocenters. The molecule has 0 saturated carbocycles. The number of rotatable bonds is 5. The molecule has 128 valence electrons. The summed E-state index contributed by atoms with van der Waals surface area (Å²) in [6, 6.07) is 5.25. The lowest BCUT2D eigenvalue weighted by atomic mass is 9.94. The van der Waals surface area contributed by atoms with Crippen LogP contribution in [0.5, 0.6) is 0 Å². The van der Waals surface area contributed by atoms with Crippen molar-refractivity contribution in [2.24, 2.45) is 0 Å². The second kappa shape index (κ2) is 8.14. The van der Waals surface area contributed by atoms with E-state index in [1.807, 2.05) is 0 Å². The number of unbranched alkanes of at least 4 members (excludes halogenated alkanes) is 1. The summed E-state index contributed by atoms with van der Waals surface area (Å²) >= 11 is 0. The summed E-state index contributed by atoms with van der Waals surface area (Å²) < 4.78 is 0. The highest BCUT2D eigenvalue weighted by Gasteiger charge is 2.25. The van der Waals surface area contributed by atoms with Gasteiger partial charge in [-0.05, 0) is 70.2 Å². The molecule has 0 amide bonds. The topological polar surface area (TPSA) is 19.4 Å². The minimum absolute atomic E-state index is 0.596. The number of hydrogen-bond donors (Lipinski definition) is 0. The molecular formula is C20H33N3. The molecule has 2 saturated heterocycles. The van der Waals surface area contributed by atoms with Gasteiger partial charge >= 0.3 is 0 Å². The van der Waals surface area contributed by atoms with E-state index in [4.69, 9.17) is 4.98 Å². The van der Waals surface area contributed by atoms with E-state index in [1.165, 1.54) is 94.6 Å². The lowest BCUT2D eigenvalue weighted by Gasteiger charge is -2.37. The smallest absolute Gasteiger partial charge is 0.128 e. The number of nitrogens with zero attached hydrogens (tertiary/aromatic N) is 3. The van der Waals surface area contributed by atoms with Gasteiger partial charge in [-0.15, -0.1) is 0 Å². The molecule has 23 heavy (non-hydrogen) atoms. The van der Waals surface area contributed by atoms with Gasteiger partial charge in [0.05, 0.1) is 0 Å². The van der Waals surface area contributed by atoms with E-state index in [1.54, 1.807) is 0 Å². The van der Waals surface area contributed by atoms with Gasteiger partial charge in [-0.3, -0.25) is 4.90 Å². The Bertz CT molecular complexity index is 494. The Labute approximate surface area is 142 Å². The van der Waals surface area contributed by atoms with Gasteiger partial charge in [-0.2, -0.15) is 0 Å². The molecule has 1 aromatic heterocycles. The van der Waals surface area contributed by atoms with Crippen LogP contribution in [0.1, 0.15) is 75.6 Å². The molecule has 0 radical (unpaired) electrons. The first-order chi connectivity index (χ1) is 11.3. The minimum atomic E-state index is 0.596. The fraction of sp³-hybridized carbons (Fsp3) is 0.750. The Morgan fingerprint density at radius 2 is 1.83 bits per heavy atom. The van der Waals surface area contributed by atoms with Crippen molar-refractivity contribution in [2.45, 2.75) is 71.3 Å². The molecule has 1 aromatic rings. The number of pyridine rings is 1. The molecule has 3 heteroatoms. The van der Waals surface area contributed by atoms with Gasteiger partial charge in [-0.1, -0.05) is 25.8 Å². The highest BCUT2D eigenvalue weighted by molar-refractivity contribution is 5.42. The van der Waals surface area contributed by atoms with E-state index >= 15 is 0 Å². The normalized spacial score (nSPS) is 23.2. The van der Waals surface area contributed by atoms with Gasteiger partial charge in [0.25, 0.3) is 0 Å². The van der Waals surface area contributed by atoms with Gasteiger partial charge in [0.1, 0.15) is 5.82 Å². The Morgan fingerprint density at radius 3 is 2.57 bits per heavy atom. The first kappa shape index (κ1) is 16.8. The Balaban J connectivity index is 1.75. The molecule has 0 bridgehead atoms. The lowest BCUT2D eigenvalue weighted by molar-refractivity contribution is 0.146. The van der Waals surface area contributed by atoms with E-state index in [0.717, 1.165) is 0 Å². The van der Waals surface area contributed by atoms with E-state index in [0.29, 0.717) is 6.04 Å². The fourth-order valence-electron chi connectivity index (χ4n) is 4.18. The molecule has 3 heterocycles. The average Bonchev–Trinajstić information content (AvgIpc) is 2.61. The van der Waals surface area contributed by atoms with Crippen molar-refractivity contribution in [3.05, 3.63) is 23.4 Å². The van der Waals surface area contributed by atoms with Crippen molar-refractivity contribution in [3.63, 3.8) is 0 Å². The standard InChI is InChI=1S/C20H33N3/c1-3-4-13-22-14-9-6-10-19(22)18-11-12-20(21-17(18)2)23-15-7-5-8-16-23/h11-12,19H,3-10,13-16H2,1-2H3. The van der Waals surface area contributed by atoms with E-state index in [2.05, 4.69) is 35.8 Å². The number of likely N-dealkylation sites (tertiary alicyclic amines) is 1. The molecule has 2 aliphatic heterocycles. The molecule has 3 nitrogen and oxygen atoms in total. The van der Waals surface area contributed by atoms with Gasteiger partial charge in [0, 0.05) is 24.8 Å². The Hall–Kier alpha value is -1.09. The van der Waals surface area contributed by atoms with Crippen LogP contribution in [0.3, 0.4) is 0 Å². The van der Waals surface area contributed by atoms with Crippen molar-refractivity contribution in [1.82, 2.24) is 9.88 Å². The van der Waals surface area contributed by atoms with Gasteiger partial charge in [0.15, 0.2) is 0 Å². The largest absolute Gasteiger partial charge is 0.357 e. The summed E-state index contributed by atoms with van der Waals surface area (Å²) in [6.45, 7) is 9.37. The van der Waals surface area contributed by atoms with E-state index < -0.39 is 0 Å². The highest BCUT2D eigenvalue weighted by Crippen LogP contribution is 2.33. The van der Waals surface area contributed by atoms with Crippen LogP contribution in [-0.2, 0) is 0 Å². The van der Waals surface area contributed by atoms with Crippen LogP contribution in [0.15, 0.2) is 12.1 Å². The van der Waals surface area contributed by atoms with Crippen molar-refractivity contribution < 1.29 is 0 Å². The first-order valence-electron chi connectivity index (χ1n) is 9.76. The van der Waals surface area contributed by atoms with Crippen LogP contribution in [0.4, 0.5) is 5.82 Å². The van der Waals surface area contributed by atoms with Crippen LogP contribution in [0, 0.1) is 6.92 Å². The van der Waals surface area contributed by atoms with Crippen LogP contribution in [0.2, 0.25) is 0 Å². The van der Waals surface area contributed by atoms with Crippen molar-refractivity contribution >= 4 is 5.82 Å². The van der Waals surface area contributed by atoms with E-state index in [-0.39, 0.29) is 0 Å². The van der Waals surface area contributed by atoms with Gasteiger partial charge in [0.2, 0.25) is 0 Å². The molecule has 3 rings (SSSR count). The summed E-state index contributed by atoms with van der Waals surface area (Å²) in [4.78, 5) is 10.2. The third-order valence-corrected chi connectivity index (χ3v) is 5.56. The summed E-state index contributed by atoms with van der Waals surface area (Å²) in [6.07, 6.45) is 10.6. The average molecular weight is 316 g/mol. The minimum Gasteiger partial charge on any atom is -0.357 e. The Morgan fingerprint density at radius 1 is 1.04 bits per heavy atom. The maximum absolute atomic E-state index is 4.99. The zero-order valence-electron chi connectivity index (χ0n) is 15.1. The summed E-state index contributed by atoms with van der Waals surface area (Å²) in [5, 5.41) is 0. The fourth-order valence-corrected chi connectivity index (χ4v) is 4.18. The SMILES string of the molecule is CCCCN1CCCCC1c1ccc(N2CCCCC2)nc1C. The summed E-state index contributed by atoms with van der Waals surface area (Å²) in [7, 11) is 0.